The van der Waals surface area contributed by atoms with Gasteiger partial charge < -0.3 is 19.8 Å². The molecule has 3 rings (SSSR count). The maximum Gasteiger partial charge on any atom is 0.328 e. The average molecular weight is 463 g/mol. The first-order chi connectivity index (χ1) is 16.3. The molecule has 0 saturated heterocycles. The summed E-state index contributed by atoms with van der Waals surface area (Å²) in [6.07, 6.45) is 2.55. The van der Waals surface area contributed by atoms with Crippen LogP contribution >= 0.6 is 0 Å². The van der Waals surface area contributed by atoms with Gasteiger partial charge in [0, 0.05) is 12.1 Å². The third-order valence-electron chi connectivity index (χ3n) is 4.55. The van der Waals surface area contributed by atoms with Gasteiger partial charge >= 0.3 is 5.97 Å². The Morgan fingerprint density at radius 2 is 1.85 bits per heavy atom. The minimum absolute atomic E-state index is 0.0332. The molecule has 1 unspecified atom stereocenters. The van der Waals surface area contributed by atoms with Crippen LogP contribution in [-0.4, -0.2) is 28.7 Å². The van der Waals surface area contributed by atoms with Gasteiger partial charge in [-0.25, -0.2) is 4.79 Å². The van der Waals surface area contributed by atoms with Gasteiger partial charge in [-0.05, 0) is 36.3 Å². The normalized spacial score (nSPS) is 11.9. The Bertz CT molecular complexity index is 1200. The number of rotatable bonds is 9. The summed E-state index contributed by atoms with van der Waals surface area (Å²) in [6, 6.07) is 16.4. The second-order valence-electron chi connectivity index (χ2n) is 7.13. The molecule has 174 valence electrons. The quantitative estimate of drug-likeness (QED) is 0.215. The number of amides is 2. The number of hydrogen-bond donors (Lipinski definition) is 2. The van der Waals surface area contributed by atoms with Gasteiger partial charge in [-0.1, -0.05) is 42.5 Å². The predicted molar refractivity (Wildman–Crippen MR) is 121 cm³/mol. The van der Waals surface area contributed by atoms with E-state index in [0.29, 0.717) is 5.56 Å². The fourth-order valence-corrected chi connectivity index (χ4v) is 2.83. The average Bonchev–Trinajstić information content (AvgIpc) is 3.38. The number of ether oxygens (including phenoxy) is 1. The fourth-order valence-electron chi connectivity index (χ4n) is 2.83. The zero-order valence-electron chi connectivity index (χ0n) is 18.1. The number of nitrogens with one attached hydrogen (secondary N) is 2. The minimum Gasteiger partial charge on any atom is -0.459 e. The third-order valence-corrected chi connectivity index (χ3v) is 4.55. The lowest BCUT2D eigenvalue weighted by atomic mass is 10.1. The van der Waals surface area contributed by atoms with Crippen LogP contribution in [0.15, 0.2) is 83.1 Å². The molecule has 0 aliphatic heterocycles. The van der Waals surface area contributed by atoms with Gasteiger partial charge in [-0.15, -0.1) is 0 Å². The molecule has 0 spiro atoms. The molecule has 34 heavy (non-hydrogen) atoms. The molecule has 0 saturated carbocycles. The minimum atomic E-state index is -1.04. The van der Waals surface area contributed by atoms with Crippen molar-refractivity contribution in [1.82, 2.24) is 10.6 Å². The molecule has 2 amide bonds. The van der Waals surface area contributed by atoms with Gasteiger partial charge in [0.2, 0.25) is 0 Å². The monoisotopic (exact) mass is 463 g/mol. The zero-order chi connectivity index (χ0) is 24.5. The third kappa shape index (κ3) is 6.63. The molecule has 0 bridgehead atoms. The summed E-state index contributed by atoms with van der Waals surface area (Å²) in [5.41, 5.74) is 0.637. The van der Waals surface area contributed by atoms with Crippen LogP contribution in [0.25, 0.3) is 6.08 Å². The molecule has 2 aromatic carbocycles. The molecule has 1 aromatic heterocycles. The van der Waals surface area contributed by atoms with E-state index in [2.05, 4.69) is 10.6 Å². The first-order valence-corrected chi connectivity index (χ1v) is 10.2. The van der Waals surface area contributed by atoms with Crippen LogP contribution in [0.2, 0.25) is 0 Å². The number of furan rings is 1. The second kappa shape index (κ2) is 11.2. The number of non-ortho nitro benzene ring substituents is 1. The second-order valence-corrected chi connectivity index (χ2v) is 7.13. The van der Waals surface area contributed by atoms with Crippen molar-refractivity contribution in [2.75, 3.05) is 0 Å². The van der Waals surface area contributed by atoms with Crippen LogP contribution in [0.3, 0.4) is 0 Å². The highest BCUT2D eigenvalue weighted by atomic mass is 16.6. The van der Waals surface area contributed by atoms with Gasteiger partial charge in [0.15, 0.2) is 5.76 Å². The van der Waals surface area contributed by atoms with Crippen molar-refractivity contribution in [3.63, 3.8) is 0 Å². The number of hydrogen-bond acceptors (Lipinski definition) is 7. The van der Waals surface area contributed by atoms with E-state index in [1.54, 1.807) is 24.3 Å². The van der Waals surface area contributed by atoms with Crippen LogP contribution in [0.1, 0.15) is 28.6 Å². The number of carbonyl (C=O) groups excluding carboxylic acids is 3. The summed E-state index contributed by atoms with van der Waals surface area (Å²) in [7, 11) is 0. The lowest BCUT2D eigenvalue weighted by Crippen LogP contribution is -2.43. The zero-order valence-corrected chi connectivity index (χ0v) is 18.1. The highest BCUT2D eigenvalue weighted by Gasteiger charge is 2.22. The van der Waals surface area contributed by atoms with Crippen LogP contribution in [-0.2, 0) is 20.9 Å². The Hall–Kier alpha value is -4.73. The number of nitrogens with zero attached hydrogens (tertiary/aromatic N) is 1. The molecular weight excluding hydrogens is 442 g/mol. The first kappa shape index (κ1) is 23.9. The van der Waals surface area contributed by atoms with Crippen LogP contribution in [0.5, 0.6) is 0 Å². The molecule has 2 N–H and O–H groups in total. The van der Waals surface area contributed by atoms with E-state index in [9.17, 15) is 24.5 Å². The Labute approximate surface area is 194 Å². The van der Waals surface area contributed by atoms with Crippen molar-refractivity contribution in [3.8, 4) is 0 Å². The number of nitro groups is 1. The van der Waals surface area contributed by atoms with E-state index in [-0.39, 0.29) is 23.8 Å². The maximum absolute atomic E-state index is 12.9. The predicted octanol–water partition coefficient (Wildman–Crippen LogP) is 3.21. The molecule has 10 nitrogen and oxygen atoms in total. The molecular formula is C24H21N3O7. The number of carbonyl (C=O) groups is 3. The Morgan fingerprint density at radius 3 is 2.53 bits per heavy atom. The topological polar surface area (TPSA) is 141 Å². The van der Waals surface area contributed by atoms with Crippen molar-refractivity contribution in [2.45, 2.75) is 19.6 Å². The summed E-state index contributed by atoms with van der Waals surface area (Å²) in [5.74, 6) is -2.23. The van der Waals surface area contributed by atoms with Crippen molar-refractivity contribution >= 4 is 29.5 Å². The van der Waals surface area contributed by atoms with E-state index < -0.39 is 28.7 Å². The maximum atomic E-state index is 12.9. The fraction of sp³-hybridized carbons (Fsp3) is 0.125. The largest absolute Gasteiger partial charge is 0.459 e. The lowest BCUT2D eigenvalue weighted by Gasteiger charge is -2.15. The SMILES string of the molecule is CC(NC(=O)/C(=C/c1cccc([N+](=O)[O-])c1)NC(=O)c1ccco1)C(=O)OCc1ccccc1. The highest BCUT2D eigenvalue weighted by molar-refractivity contribution is 6.05. The number of benzene rings is 2. The van der Waals surface area contributed by atoms with E-state index in [4.69, 9.17) is 9.15 Å². The van der Waals surface area contributed by atoms with Gasteiger partial charge in [0.05, 0.1) is 11.2 Å². The molecule has 10 heteroatoms. The van der Waals surface area contributed by atoms with Gasteiger partial charge in [-0.2, -0.15) is 0 Å². The molecule has 1 atom stereocenters. The Balaban J connectivity index is 1.75. The summed E-state index contributed by atoms with van der Waals surface area (Å²) >= 11 is 0. The van der Waals surface area contributed by atoms with Crippen LogP contribution < -0.4 is 10.6 Å². The van der Waals surface area contributed by atoms with E-state index in [1.807, 2.05) is 6.07 Å². The molecule has 0 fully saturated rings. The molecule has 1 heterocycles. The molecule has 0 radical (unpaired) electrons. The number of esters is 1. The lowest BCUT2D eigenvalue weighted by molar-refractivity contribution is -0.384. The Kier molecular flexibility index (Phi) is 7.90. The molecule has 0 aliphatic carbocycles. The summed E-state index contributed by atoms with van der Waals surface area (Å²) < 4.78 is 10.3. The van der Waals surface area contributed by atoms with Crippen molar-refractivity contribution in [3.05, 3.63) is 106 Å². The highest BCUT2D eigenvalue weighted by Crippen LogP contribution is 2.16. The van der Waals surface area contributed by atoms with Crippen molar-refractivity contribution in [1.29, 1.82) is 0 Å². The van der Waals surface area contributed by atoms with Crippen LogP contribution in [0, 0.1) is 10.1 Å². The summed E-state index contributed by atoms with van der Waals surface area (Å²) in [4.78, 5) is 48.1. The Morgan fingerprint density at radius 1 is 1.09 bits per heavy atom. The summed E-state index contributed by atoms with van der Waals surface area (Å²) in [5, 5.41) is 15.9. The van der Waals surface area contributed by atoms with Gasteiger partial charge in [-0.3, -0.25) is 19.7 Å². The van der Waals surface area contributed by atoms with E-state index >= 15 is 0 Å². The van der Waals surface area contributed by atoms with Crippen molar-refractivity contribution in [2.24, 2.45) is 0 Å². The molecule has 3 aromatic rings. The van der Waals surface area contributed by atoms with E-state index in [0.717, 1.165) is 5.56 Å². The van der Waals surface area contributed by atoms with Gasteiger partial charge in [0.1, 0.15) is 18.3 Å². The standard InChI is InChI=1S/C24H21N3O7/c1-16(24(30)34-15-17-7-3-2-4-8-17)25-22(28)20(26-23(29)21-11-6-12-33-21)14-18-9-5-10-19(13-18)27(31)32/h2-14,16H,15H2,1H3,(H,25,28)(H,26,29)/b20-14-. The summed E-state index contributed by atoms with van der Waals surface area (Å²) in [6.45, 7) is 1.47. The number of nitro benzene ring substituents is 1. The van der Waals surface area contributed by atoms with E-state index in [1.165, 1.54) is 55.7 Å². The van der Waals surface area contributed by atoms with Crippen molar-refractivity contribution < 1.29 is 28.5 Å². The van der Waals surface area contributed by atoms with Crippen LogP contribution in [0.4, 0.5) is 5.69 Å². The van der Waals surface area contributed by atoms with Gasteiger partial charge in [0.25, 0.3) is 17.5 Å². The first-order valence-electron chi connectivity index (χ1n) is 10.2. The molecule has 0 aliphatic rings. The smallest absolute Gasteiger partial charge is 0.328 e.